The van der Waals surface area contributed by atoms with E-state index in [1.165, 1.54) is 58.9 Å². The summed E-state index contributed by atoms with van der Waals surface area (Å²) in [5.74, 6) is -1.43. The van der Waals surface area contributed by atoms with Crippen LogP contribution in [0.1, 0.15) is 21.0 Å². The Hall–Kier alpha value is -4.63. The summed E-state index contributed by atoms with van der Waals surface area (Å²) < 4.78 is 74.5. The van der Waals surface area contributed by atoms with Crippen LogP contribution in [0.3, 0.4) is 0 Å². The van der Waals surface area contributed by atoms with Crippen molar-refractivity contribution in [2.24, 2.45) is 0 Å². The van der Waals surface area contributed by atoms with Gasteiger partial charge in [-0.25, -0.2) is 35.0 Å². The number of nitrogens with zero attached hydrogens (tertiary/aromatic N) is 4. The summed E-state index contributed by atoms with van der Waals surface area (Å²) in [5, 5.41) is 15.1. The molecule has 0 atom stereocenters. The minimum Gasteiger partial charge on any atom is -0.398 e. The van der Waals surface area contributed by atoms with Crippen molar-refractivity contribution in [2.75, 3.05) is 37.1 Å². The van der Waals surface area contributed by atoms with Crippen molar-refractivity contribution in [3.8, 4) is 11.4 Å². The number of nitrogens with one attached hydrogen (secondary N) is 3. The van der Waals surface area contributed by atoms with E-state index in [1.54, 1.807) is 37.4 Å². The quantitative estimate of drug-likeness (QED) is 0.119. The number of anilines is 2. The molecule has 0 spiro atoms. The molecule has 4 aromatic carbocycles. The molecule has 0 bridgehead atoms. The van der Waals surface area contributed by atoms with E-state index in [4.69, 9.17) is 5.73 Å². The van der Waals surface area contributed by atoms with E-state index in [0.717, 1.165) is 12.5 Å². The molecule has 0 saturated heterocycles. The second kappa shape index (κ2) is 16.6. The summed E-state index contributed by atoms with van der Waals surface area (Å²) in [6.45, 7) is 0. The number of nitrogens with two attached hydrogens (primary N) is 1. The minimum atomic E-state index is -3.49. The zero-order chi connectivity index (χ0) is 39.4. The topological polar surface area (TPSA) is 200 Å². The fraction of sp³-hybridized carbons (Fsp3) is 0.125. The average Bonchev–Trinajstić information content (AvgIpc) is 3.62. The summed E-state index contributed by atoms with van der Waals surface area (Å²) in [4.78, 5) is 24.7. The van der Waals surface area contributed by atoms with Crippen molar-refractivity contribution in [1.82, 2.24) is 30.2 Å². The number of nitrogen functional groups attached to an aromatic ring is 1. The lowest BCUT2D eigenvalue weighted by Crippen LogP contribution is -2.21. The van der Waals surface area contributed by atoms with E-state index in [2.05, 4.69) is 68.1 Å². The van der Waals surface area contributed by atoms with Crippen LogP contribution in [-0.4, -0.2) is 74.8 Å². The van der Waals surface area contributed by atoms with E-state index in [1.807, 2.05) is 0 Å². The first kappa shape index (κ1) is 41.1. The standard InChI is InChI=1S/C16H14BrFN4O3S.C15H12BrFN4O.CH3ClO2S/c1-19-16(23)15-11-7-12(17)14(21-26(2,24)25)8-13(11)20-22(15)10-5-3-9(18)4-6-10;1-19-15(22)14-10-6-11(16)12(18)7-13(10)20-21(14)9-4-2-8(17)3-5-9;1-5(2,3)4/h3-8,21H,1-2H3,(H,19,23);2-7H,18H2,1H3,(H,19,22);1H3. The molecule has 0 aliphatic heterocycles. The number of carbonyl (C=O) groups is 2. The highest BCUT2D eigenvalue weighted by Crippen LogP contribution is 2.32. The van der Waals surface area contributed by atoms with E-state index < -0.39 is 24.9 Å². The number of hydrogen-bond donors (Lipinski definition) is 4. The molecule has 0 aliphatic carbocycles. The molecule has 14 nitrogen and oxygen atoms in total. The molecule has 2 amide bonds. The van der Waals surface area contributed by atoms with Crippen molar-refractivity contribution in [3.05, 3.63) is 105 Å². The van der Waals surface area contributed by atoms with Crippen LogP contribution in [-0.2, 0) is 19.1 Å². The molecule has 53 heavy (non-hydrogen) atoms. The van der Waals surface area contributed by atoms with Gasteiger partial charge in [0.2, 0.25) is 19.1 Å². The zero-order valence-corrected chi connectivity index (χ0v) is 33.5. The fourth-order valence-electron chi connectivity index (χ4n) is 4.72. The van der Waals surface area contributed by atoms with Gasteiger partial charge in [-0.15, -0.1) is 0 Å². The Balaban J connectivity index is 0.000000212. The van der Waals surface area contributed by atoms with Gasteiger partial charge in [0.15, 0.2) is 0 Å². The Kier molecular flexibility index (Phi) is 12.9. The summed E-state index contributed by atoms with van der Waals surface area (Å²) in [7, 11) is 0.858. The van der Waals surface area contributed by atoms with Crippen LogP contribution >= 0.6 is 42.5 Å². The Labute approximate surface area is 323 Å². The van der Waals surface area contributed by atoms with Gasteiger partial charge in [-0.1, -0.05) is 0 Å². The first-order valence-electron chi connectivity index (χ1n) is 14.7. The van der Waals surface area contributed by atoms with Gasteiger partial charge >= 0.3 is 0 Å². The van der Waals surface area contributed by atoms with Gasteiger partial charge in [-0.05, 0) is 105 Å². The van der Waals surface area contributed by atoms with Gasteiger partial charge in [0.1, 0.15) is 23.0 Å². The van der Waals surface area contributed by atoms with Crippen molar-refractivity contribution in [2.45, 2.75) is 0 Å². The Morgan fingerprint density at radius 2 is 1.09 bits per heavy atom. The fourth-order valence-corrected chi connectivity index (χ4v) is 6.20. The van der Waals surface area contributed by atoms with Crippen LogP contribution in [0.15, 0.2) is 81.7 Å². The predicted octanol–water partition coefficient (Wildman–Crippen LogP) is 5.71. The molecule has 0 radical (unpaired) electrons. The minimum absolute atomic E-state index is 0.251. The lowest BCUT2D eigenvalue weighted by molar-refractivity contribution is 0.0949. The summed E-state index contributed by atoms with van der Waals surface area (Å²) in [6, 6.07) is 17.9. The molecule has 21 heteroatoms. The normalized spacial score (nSPS) is 11.3. The molecule has 0 unspecified atom stereocenters. The van der Waals surface area contributed by atoms with Gasteiger partial charge in [0.25, 0.3) is 11.8 Å². The van der Waals surface area contributed by atoms with Gasteiger partial charge in [0.05, 0.1) is 40.6 Å². The maximum atomic E-state index is 13.2. The number of aromatic nitrogens is 4. The van der Waals surface area contributed by atoms with E-state index >= 15 is 0 Å². The molecule has 6 rings (SSSR count). The van der Waals surface area contributed by atoms with Crippen molar-refractivity contribution in [1.29, 1.82) is 0 Å². The molecule has 2 heterocycles. The highest BCUT2D eigenvalue weighted by molar-refractivity contribution is 9.11. The maximum Gasteiger partial charge on any atom is 0.270 e. The second-order valence-electron chi connectivity index (χ2n) is 10.9. The number of hydrogen-bond acceptors (Lipinski definition) is 9. The maximum absolute atomic E-state index is 13.2. The number of sulfonamides is 1. The van der Waals surface area contributed by atoms with Gasteiger partial charge in [-0.2, -0.15) is 10.2 Å². The highest BCUT2D eigenvalue weighted by atomic mass is 79.9. The number of fused-ring (bicyclic) bond motifs is 2. The van der Waals surface area contributed by atoms with E-state index in [0.29, 0.717) is 59.2 Å². The third-order valence-corrected chi connectivity index (χ3v) is 8.81. The molecule has 0 saturated carbocycles. The number of halogens is 5. The summed E-state index contributed by atoms with van der Waals surface area (Å²) in [5.41, 5.74) is 9.38. The SMILES string of the molecule is CNC(=O)c1c2cc(Br)c(N)cc2nn1-c1ccc(F)cc1.CNC(=O)c1c2cc(Br)c(NS(C)(=O)=O)cc2nn1-c1ccc(F)cc1.CS(=O)(=O)Cl. The Morgan fingerprint density at radius 3 is 1.47 bits per heavy atom. The lowest BCUT2D eigenvalue weighted by atomic mass is 10.2. The molecule has 6 aromatic rings. The number of amides is 2. The molecule has 0 fully saturated rings. The lowest BCUT2D eigenvalue weighted by Gasteiger charge is -2.07. The third kappa shape index (κ3) is 10.5. The summed E-state index contributed by atoms with van der Waals surface area (Å²) >= 11 is 6.66. The van der Waals surface area contributed by atoms with E-state index in [-0.39, 0.29) is 23.3 Å². The molecule has 0 aliphatic rings. The molecule has 5 N–H and O–H groups in total. The Bertz CT molecular complexity index is 2560. The van der Waals surface area contributed by atoms with Gasteiger partial charge in [0, 0.05) is 50.2 Å². The van der Waals surface area contributed by atoms with Gasteiger partial charge < -0.3 is 16.4 Å². The summed E-state index contributed by atoms with van der Waals surface area (Å²) in [6.07, 6.45) is 1.96. The number of rotatable bonds is 6. The third-order valence-electron chi connectivity index (χ3n) is 6.87. The van der Waals surface area contributed by atoms with Crippen molar-refractivity contribution >= 4 is 107 Å². The smallest absolute Gasteiger partial charge is 0.270 e. The number of carbonyl (C=O) groups excluding carboxylic acids is 2. The predicted molar refractivity (Wildman–Crippen MR) is 208 cm³/mol. The van der Waals surface area contributed by atoms with Crippen LogP contribution in [0.4, 0.5) is 20.2 Å². The van der Waals surface area contributed by atoms with Gasteiger partial charge in [-0.3, -0.25) is 14.3 Å². The van der Waals surface area contributed by atoms with E-state index in [9.17, 15) is 35.2 Å². The van der Waals surface area contributed by atoms with Crippen LogP contribution in [0.25, 0.3) is 33.2 Å². The first-order valence-corrected chi connectivity index (χ1v) is 20.9. The molecular weight excluding hydrogens is 890 g/mol. The van der Waals surface area contributed by atoms with Crippen LogP contribution in [0, 0.1) is 11.6 Å². The Morgan fingerprint density at radius 1 is 0.717 bits per heavy atom. The second-order valence-corrected chi connectivity index (χ2v) is 17.4. The van der Waals surface area contributed by atoms with Crippen LogP contribution in [0.2, 0.25) is 0 Å². The molecule has 280 valence electrons. The van der Waals surface area contributed by atoms with Crippen LogP contribution < -0.4 is 21.1 Å². The number of benzene rings is 4. The van der Waals surface area contributed by atoms with Crippen molar-refractivity contribution < 1.29 is 35.2 Å². The average molecular weight is 919 g/mol. The molecular formula is C32H29Br2ClF2N8O6S2. The van der Waals surface area contributed by atoms with Crippen LogP contribution in [0.5, 0.6) is 0 Å². The largest absolute Gasteiger partial charge is 0.398 e. The zero-order valence-electron chi connectivity index (χ0n) is 28.0. The first-order chi connectivity index (χ1) is 24.7. The highest BCUT2D eigenvalue weighted by Gasteiger charge is 2.22. The monoisotopic (exact) mass is 916 g/mol. The van der Waals surface area contributed by atoms with Crippen molar-refractivity contribution in [3.63, 3.8) is 0 Å². The molecule has 2 aromatic heterocycles.